The quantitative estimate of drug-likeness (QED) is 0.687. The summed E-state index contributed by atoms with van der Waals surface area (Å²) in [6.07, 6.45) is 0. The fourth-order valence-electron chi connectivity index (χ4n) is 1.72. The molecule has 0 unspecified atom stereocenters. The molecule has 0 saturated carbocycles. The molecule has 3 aromatic heterocycles. The molecule has 0 atom stereocenters. The Hall–Kier alpha value is -1.53. The van der Waals surface area contributed by atoms with Crippen LogP contribution in [0.5, 0.6) is 0 Å². The van der Waals surface area contributed by atoms with Gasteiger partial charge in [-0.25, -0.2) is 4.98 Å². The minimum atomic E-state index is 0.466. The highest BCUT2D eigenvalue weighted by atomic mass is 35.5. The number of aromatic nitrogens is 5. The Bertz CT molecular complexity index is 745. The number of hydrogen-bond donors (Lipinski definition) is 0. The van der Waals surface area contributed by atoms with Crippen LogP contribution in [0, 0.1) is 20.8 Å². The summed E-state index contributed by atoms with van der Waals surface area (Å²) >= 11 is 7.68. The summed E-state index contributed by atoms with van der Waals surface area (Å²) in [5.41, 5.74) is 3.41. The topological polar surface area (TPSA) is 56.0 Å². The zero-order valence-electron chi connectivity index (χ0n) is 10.1. The molecule has 0 N–H and O–H groups in total. The molecule has 0 fully saturated rings. The molecule has 0 aliphatic carbocycles. The van der Waals surface area contributed by atoms with Gasteiger partial charge in [-0.1, -0.05) is 11.6 Å². The summed E-state index contributed by atoms with van der Waals surface area (Å²) in [7, 11) is 0. The third-order valence-corrected chi connectivity index (χ3v) is 4.02. The Morgan fingerprint density at radius 2 is 1.94 bits per heavy atom. The normalized spacial score (nSPS) is 11.3. The van der Waals surface area contributed by atoms with Crippen molar-refractivity contribution in [1.29, 1.82) is 0 Å². The van der Waals surface area contributed by atoms with Gasteiger partial charge in [0.25, 0.3) is 0 Å². The zero-order valence-corrected chi connectivity index (χ0v) is 11.7. The molecule has 0 aromatic carbocycles. The van der Waals surface area contributed by atoms with Crippen molar-refractivity contribution in [2.45, 2.75) is 20.8 Å². The van der Waals surface area contributed by atoms with Crippen LogP contribution in [0.2, 0.25) is 5.15 Å². The molecule has 3 heterocycles. The second-order valence-corrected chi connectivity index (χ2v) is 5.47. The van der Waals surface area contributed by atoms with E-state index < -0.39 is 0 Å². The molecular weight excluding hydrogens is 270 g/mol. The maximum atomic E-state index is 6.11. The van der Waals surface area contributed by atoms with Crippen molar-refractivity contribution < 1.29 is 0 Å². The first-order valence-electron chi connectivity index (χ1n) is 5.38. The van der Waals surface area contributed by atoms with Gasteiger partial charge < -0.3 is 0 Å². The summed E-state index contributed by atoms with van der Waals surface area (Å²) in [6.45, 7) is 5.84. The SMILES string of the molecule is Cc1nc(-c2nnc3c(C)c(C)c(Cl)nn23)cs1. The van der Waals surface area contributed by atoms with Crippen molar-refractivity contribution in [3.05, 3.63) is 26.7 Å². The van der Waals surface area contributed by atoms with Crippen LogP contribution >= 0.6 is 22.9 Å². The molecule has 18 heavy (non-hydrogen) atoms. The van der Waals surface area contributed by atoms with Crippen molar-refractivity contribution in [1.82, 2.24) is 24.8 Å². The second-order valence-electron chi connectivity index (χ2n) is 4.05. The lowest BCUT2D eigenvalue weighted by atomic mass is 10.2. The zero-order chi connectivity index (χ0) is 12.9. The lowest BCUT2D eigenvalue weighted by molar-refractivity contribution is 0.914. The lowest BCUT2D eigenvalue weighted by Gasteiger charge is -2.03. The number of halogens is 1. The van der Waals surface area contributed by atoms with E-state index in [0.717, 1.165) is 27.5 Å². The summed E-state index contributed by atoms with van der Waals surface area (Å²) in [5.74, 6) is 0.624. The van der Waals surface area contributed by atoms with Gasteiger partial charge in [-0.2, -0.15) is 9.61 Å². The Labute approximate surface area is 112 Å². The van der Waals surface area contributed by atoms with E-state index in [2.05, 4.69) is 20.3 Å². The average molecular weight is 280 g/mol. The third kappa shape index (κ3) is 1.60. The first-order valence-corrected chi connectivity index (χ1v) is 6.64. The molecule has 0 amide bonds. The van der Waals surface area contributed by atoms with E-state index in [-0.39, 0.29) is 0 Å². The van der Waals surface area contributed by atoms with E-state index in [1.54, 1.807) is 15.9 Å². The lowest BCUT2D eigenvalue weighted by Crippen LogP contribution is -2.00. The molecule has 0 saturated heterocycles. The van der Waals surface area contributed by atoms with Crippen LogP contribution < -0.4 is 0 Å². The summed E-state index contributed by atoms with van der Waals surface area (Å²) in [4.78, 5) is 4.40. The van der Waals surface area contributed by atoms with E-state index in [1.165, 1.54) is 0 Å². The number of nitrogens with zero attached hydrogens (tertiary/aromatic N) is 5. The molecule has 0 aliphatic rings. The number of fused-ring (bicyclic) bond motifs is 1. The van der Waals surface area contributed by atoms with Crippen LogP contribution in [0.25, 0.3) is 17.2 Å². The van der Waals surface area contributed by atoms with Gasteiger partial charge in [-0.05, 0) is 26.3 Å². The Kier molecular flexibility index (Phi) is 2.57. The van der Waals surface area contributed by atoms with E-state index in [9.17, 15) is 0 Å². The fraction of sp³-hybridized carbons (Fsp3) is 0.273. The van der Waals surface area contributed by atoms with Gasteiger partial charge >= 0.3 is 0 Å². The molecule has 0 bridgehead atoms. The van der Waals surface area contributed by atoms with Gasteiger partial charge in [-0.3, -0.25) is 0 Å². The van der Waals surface area contributed by atoms with Crippen LogP contribution in [0.1, 0.15) is 16.1 Å². The molecule has 3 aromatic rings. The van der Waals surface area contributed by atoms with Crippen molar-refractivity contribution >= 4 is 28.6 Å². The van der Waals surface area contributed by atoms with Gasteiger partial charge in [0.2, 0.25) is 5.82 Å². The van der Waals surface area contributed by atoms with Crippen LogP contribution in [0.15, 0.2) is 5.38 Å². The molecule has 0 spiro atoms. The van der Waals surface area contributed by atoms with Gasteiger partial charge in [0.15, 0.2) is 10.8 Å². The Morgan fingerprint density at radius 3 is 2.61 bits per heavy atom. The maximum Gasteiger partial charge on any atom is 0.204 e. The van der Waals surface area contributed by atoms with E-state index in [4.69, 9.17) is 11.6 Å². The molecule has 0 aliphatic heterocycles. The van der Waals surface area contributed by atoms with E-state index in [1.807, 2.05) is 26.2 Å². The monoisotopic (exact) mass is 279 g/mol. The largest absolute Gasteiger partial charge is 0.238 e. The smallest absolute Gasteiger partial charge is 0.204 e. The predicted molar refractivity (Wildman–Crippen MR) is 71.1 cm³/mol. The number of rotatable bonds is 1. The van der Waals surface area contributed by atoms with Crippen LogP contribution in [0.3, 0.4) is 0 Å². The summed E-state index contributed by atoms with van der Waals surface area (Å²) < 4.78 is 1.65. The van der Waals surface area contributed by atoms with Crippen molar-refractivity contribution in [3.8, 4) is 11.5 Å². The molecule has 0 radical (unpaired) electrons. The first kappa shape index (κ1) is 11.6. The van der Waals surface area contributed by atoms with Crippen LogP contribution in [0.4, 0.5) is 0 Å². The average Bonchev–Trinajstić information content (AvgIpc) is 2.92. The van der Waals surface area contributed by atoms with Gasteiger partial charge in [0.05, 0.1) is 5.01 Å². The Balaban J connectivity index is 2.33. The highest BCUT2D eigenvalue weighted by Crippen LogP contribution is 2.24. The Morgan fingerprint density at radius 1 is 1.17 bits per heavy atom. The summed E-state index contributed by atoms with van der Waals surface area (Å²) in [6, 6.07) is 0. The van der Waals surface area contributed by atoms with E-state index >= 15 is 0 Å². The highest BCUT2D eigenvalue weighted by molar-refractivity contribution is 7.09. The fourth-order valence-corrected chi connectivity index (χ4v) is 2.53. The van der Waals surface area contributed by atoms with Gasteiger partial charge in [-0.15, -0.1) is 21.5 Å². The predicted octanol–water partition coefficient (Wildman–Crippen LogP) is 2.83. The number of hydrogen-bond acceptors (Lipinski definition) is 5. The van der Waals surface area contributed by atoms with Gasteiger partial charge in [0, 0.05) is 10.9 Å². The van der Waals surface area contributed by atoms with Crippen molar-refractivity contribution in [3.63, 3.8) is 0 Å². The summed E-state index contributed by atoms with van der Waals surface area (Å²) in [5, 5.41) is 16.0. The van der Waals surface area contributed by atoms with Gasteiger partial charge in [0.1, 0.15) is 5.69 Å². The molecule has 3 rings (SSSR count). The highest BCUT2D eigenvalue weighted by Gasteiger charge is 2.16. The molecule has 7 heteroatoms. The van der Waals surface area contributed by atoms with Crippen LogP contribution in [-0.4, -0.2) is 24.8 Å². The van der Waals surface area contributed by atoms with Crippen molar-refractivity contribution in [2.75, 3.05) is 0 Å². The first-order chi connectivity index (χ1) is 8.58. The minimum Gasteiger partial charge on any atom is -0.238 e. The number of aryl methyl sites for hydroxylation is 2. The minimum absolute atomic E-state index is 0.466. The molecule has 5 nitrogen and oxygen atoms in total. The second kappa shape index (κ2) is 4.00. The molecular formula is C11H10ClN5S. The standard InChI is InChI=1S/C11H10ClN5S/c1-5-6(2)10-14-15-11(17(10)16-9(5)12)8-4-18-7(3)13-8/h4H,1-3H3. The third-order valence-electron chi connectivity index (χ3n) is 2.88. The van der Waals surface area contributed by atoms with E-state index in [0.29, 0.717) is 11.0 Å². The maximum absolute atomic E-state index is 6.11. The number of thiazole rings is 1. The van der Waals surface area contributed by atoms with Crippen LogP contribution in [-0.2, 0) is 0 Å². The molecule has 92 valence electrons. The van der Waals surface area contributed by atoms with Crippen molar-refractivity contribution in [2.24, 2.45) is 0 Å².